The minimum absolute atomic E-state index is 0.0126. The van der Waals surface area contributed by atoms with Gasteiger partial charge in [-0.15, -0.1) is 0 Å². The summed E-state index contributed by atoms with van der Waals surface area (Å²) in [7, 11) is 0. The summed E-state index contributed by atoms with van der Waals surface area (Å²) in [6.07, 6.45) is -2.25. The molecule has 0 fully saturated rings. The van der Waals surface area contributed by atoms with Crippen molar-refractivity contribution in [2.24, 2.45) is 0 Å². The molecule has 0 amide bonds. The zero-order valence-corrected chi connectivity index (χ0v) is 15.5. The van der Waals surface area contributed by atoms with Crippen LogP contribution in [-0.2, 0) is 19.1 Å². The molecule has 3 aromatic carbocycles. The molecule has 4 rings (SSSR count). The van der Waals surface area contributed by atoms with Crippen molar-refractivity contribution in [3.8, 4) is 0 Å². The van der Waals surface area contributed by atoms with Crippen LogP contribution in [-0.4, -0.2) is 10.4 Å². The standard InChI is InChI=1S/C24H18F3NO/c25-24(26,27)19-12-10-18(11-13-19)15-28-16-21(20-8-4-5-9-22(20)28)23(29)14-17-6-2-1-3-7-17/h1-13,16H,14-15H2. The van der Waals surface area contributed by atoms with Gasteiger partial charge in [0.05, 0.1) is 5.56 Å². The van der Waals surface area contributed by atoms with Gasteiger partial charge < -0.3 is 4.57 Å². The van der Waals surface area contributed by atoms with Crippen molar-refractivity contribution in [3.63, 3.8) is 0 Å². The molecule has 1 heterocycles. The highest BCUT2D eigenvalue weighted by Crippen LogP contribution is 2.30. The summed E-state index contributed by atoms with van der Waals surface area (Å²) < 4.78 is 40.3. The summed E-state index contributed by atoms with van der Waals surface area (Å²) in [6.45, 7) is 0.386. The first-order valence-electron chi connectivity index (χ1n) is 9.23. The molecule has 0 radical (unpaired) electrons. The Morgan fingerprint density at radius 3 is 2.14 bits per heavy atom. The van der Waals surface area contributed by atoms with Crippen molar-refractivity contribution in [1.82, 2.24) is 4.57 Å². The van der Waals surface area contributed by atoms with Gasteiger partial charge in [0.15, 0.2) is 5.78 Å². The number of benzene rings is 3. The number of nitrogens with zero attached hydrogens (tertiary/aromatic N) is 1. The van der Waals surface area contributed by atoms with Crippen LogP contribution in [0.15, 0.2) is 85.1 Å². The van der Waals surface area contributed by atoms with E-state index in [-0.39, 0.29) is 5.78 Å². The third kappa shape index (κ3) is 4.09. The molecule has 0 N–H and O–H groups in total. The van der Waals surface area contributed by atoms with Gasteiger partial charge in [0.1, 0.15) is 0 Å². The van der Waals surface area contributed by atoms with E-state index in [1.807, 2.05) is 59.2 Å². The van der Waals surface area contributed by atoms with E-state index < -0.39 is 11.7 Å². The second-order valence-corrected chi connectivity index (χ2v) is 6.97. The molecule has 0 saturated carbocycles. The predicted molar refractivity (Wildman–Crippen MR) is 107 cm³/mol. The van der Waals surface area contributed by atoms with Crippen LogP contribution in [0.2, 0.25) is 0 Å². The SMILES string of the molecule is O=C(Cc1ccccc1)c1cn(Cc2ccc(C(F)(F)F)cc2)c2ccccc12. The van der Waals surface area contributed by atoms with Crippen LogP contribution >= 0.6 is 0 Å². The Morgan fingerprint density at radius 1 is 0.793 bits per heavy atom. The molecule has 0 saturated heterocycles. The molecule has 29 heavy (non-hydrogen) atoms. The largest absolute Gasteiger partial charge is 0.416 e. The van der Waals surface area contributed by atoms with Gasteiger partial charge in [0.25, 0.3) is 0 Å². The molecule has 0 aliphatic heterocycles. The van der Waals surface area contributed by atoms with E-state index in [0.717, 1.165) is 34.2 Å². The van der Waals surface area contributed by atoms with E-state index in [4.69, 9.17) is 0 Å². The van der Waals surface area contributed by atoms with Crippen molar-refractivity contribution in [3.05, 3.63) is 107 Å². The van der Waals surface area contributed by atoms with Crippen molar-refractivity contribution in [1.29, 1.82) is 0 Å². The number of ketones is 1. The summed E-state index contributed by atoms with van der Waals surface area (Å²) in [5.74, 6) is 0.0126. The number of rotatable bonds is 5. The molecule has 0 bridgehead atoms. The Hall–Kier alpha value is -3.34. The number of hydrogen-bond acceptors (Lipinski definition) is 1. The second-order valence-electron chi connectivity index (χ2n) is 6.97. The van der Waals surface area contributed by atoms with Gasteiger partial charge in [-0.05, 0) is 29.3 Å². The molecule has 146 valence electrons. The molecule has 1 aromatic heterocycles. The average Bonchev–Trinajstić information content (AvgIpc) is 3.07. The van der Waals surface area contributed by atoms with E-state index in [9.17, 15) is 18.0 Å². The van der Waals surface area contributed by atoms with E-state index in [1.165, 1.54) is 12.1 Å². The zero-order chi connectivity index (χ0) is 20.4. The van der Waals surface area contributed by atoms with Crippen LogP contribution in [0.25, 0.3) is 10.9 Å². The van der Waals surface area contributed by atoms with Crippen molar-refractivity contribution >= 4 is 16.7 Å². The topological polar surface area (TPSA) is 22.0 Å². The smallest absolute Gasteiger partial charge is 0.342 e. The fourth-order valence-corrected chi connectivity index (χ4v) is 3.47. The summed E-state index contributed by atoms with van der Waals surface area (Å²) in [4.78, 5) is 12.9. The normalized spacial score (nSPS) is 11.7. The number of Topliss-reactive ketones (excluding diaryl/α,β-unsaturated/α-hetero) is 1. The number of para-hydroxylation sites is 1. The Labute approximate surface area is 166 Å². The molecule has 4 aromatic rings. The predicted octanol–water partition coefficient (Wildman–Crippen LogP) is 6.13. The number of aromatic nitrogens is 1. The molecular formula is C24H18F3NO. The van der Waals surface area contributed by atoms with Gasteiger partial charge in [-0.25, -0.2) is 0 Å². The van der Waals surface area contributed by atoms with Crippen molar-refractivity contribution in [2.75, 3.05) is 0 Å². The van der Waals surface area contributed by atoms with Crippen LogP contribution in [0.4, 0.5) is 13.2 Å². The Kier molecular flexibility index (Phi) is 4.97. The Morgan fingerprint density at radius 2 is 1.45 bits per heavy atom. The first-order chi connectivity index (χ1) is 13.9. The number of carbonyl (C=O) groups excluding carboxylic acids is 1. The van der Waals surface area contributed by atoms with Crippen LogP contribution in [0.5, 0.6) is 0 Å². The van der Waals surface area contributed by atoms with E-state index >= 15 is 0 Å². The van der Waals surface area contributed by atoms with Crippen LogP contribution in [0.1, 0.15) is 27.0 Å². The van der Waals surface area contributed by atoms with Gasteiger partial charge in [-0.3, -0.25) is 4.79 Å². The molecule has 0 unspecified atom stereocenters. The lowest BCUT2D eigenvalue weighted by molar-refractivity contribution is -0.137. The van der Waals surface area contributed by atoms with E-state index in [1.54, 1.807) is 6.20 Å². The minimum Gasteiger partial charge on any atom is -0.342 e. The summed E-state index contributed by atoms with van der Waals surface area (Å²) in [5.41, 5.74) is 2.51. The highest BCUT2D eigenvalue weighted by molar-refractivity contribution is 6.08. The lowest BCUT2D eigenvalue weighted by Crippen LogP contribution is -2.05. The minimum atomic E-state index is -4.35. The first kappa shape index (κ1) is 19.0. The van der Waals surface area contributed by atoms with Gasteiger partial charge in [0.2, 0.25) is 0 Å². The Bertz CT molecular complexity index is 1140. The van der Waals surface area contributed by atoms with Gasteiger partial charge in [0, 0.05) is 35.6 Å². The number of alkyl halides is 3. The van der Waals surface area contributed by atoms with Crippen LogP contribution in [0.3, 0.4) is 0 Å². The van der Waals surface area contributed by atoms with E-state index in [0.29, 0.717) is 18.5 Å². The molecule has 0 spiro atoms. The fraction of sp³-hybridized carbons (Fsp3) is 0.125. The highest BCUT2D eigenvalue weighted by atomic mass is 19.4. The quantitative estimate of drug-likeness (QED) is 0.374. The van der Waals surface area contributed by atoms with Crippen LogP contribution < -0.4 is 0 Å². The lowest BCUT2D eigenvalue weighted by atomic mass is 10.0. The van der Waals surface area contributed by atoms with Gasteiger partial charge >= 0.3 is 6.18 Å². The number of carbonyl (C=O) groups is 1. The molecule has 5 heteroatoms. The Balaban J connectivity index is 1.65. The van der Waals surface area contributed by atoms with Crippen LogP contribution in [0, 0.1) is 0 Å². The molecule has 0 aliphatic rings. The maximum atomic E-state index is 12.9. The summed E-state index contributed by atoms with van der Waals surface area (Å²) >= 11 is 0. The summed E-state index contributed by atoms with van der Waals surface area (Å²) in [5, 5.41) is 0.848. The first-order valence-corrected chi connectivity index (χ1v) is 9.23. The molecule has 0 atom stereocenters. The summed E-state index contributed by atoms with van der Waals surface area (Å²) in [6, 6.07) is 22.2. The maximum absolute atomic E-state index is 12.9. The van der Waals surface area contributed by atoms with Crippen molar-refractivity contribution in [2.45, 2.75) is 19.1 Å². The fourth-order valence-electron chi connectivity index (χ4n) is 3.47. The second kappa shape index (κ2) is 7.59. The number of halogens is 3. The maximum Gasteiger partial charge on any atom is 0.416 e. The van der Waals surface area contributed by atoms with Gasteiger partial charge in [-0.2, -0.15) is 13.2 Å². The molecular weight excluding hydrogens is 375 g/mol. The number of hydrogen-bond donors (Lipinski definition) is 0. The third-order valence-electron chi connectivity index (χ3n) is 4.93. The average molecular weight is 393 g/mol. The monoisotopic (exact) mass is 393 g/mol. The highest BCUT2D eigenvalue weighted by Gasteiger charge is 2.29. The lowest BCUT2D eigenvalue weighted by Gasteiger charge is -2.09. The molecule has 2 nitrogen and oxygen atoms in total. The zero-order valence-electron chi connectivity index (χ0n) is 15.5. The van der Waals surface area contributed by atoms with Crippen molar-refractivity contribution < 1.29 is 18.0 Å². The van der Waals surface area contributed by atoms with E-state index in [2.05, 4.69) is 0 Å². The number of fused-ring (bicyclic) bond motifs is 1. The third-order valence-corrected chi connectivity index (χ3v) is 4.93. The molecule has 0 aliphatic carbocycles. The van der Waals surface area contributed by atoms with Gasteiger partial charge in [-0.1, -0.05) is 60.7 Å².